The molecular weight excluding hydrogens is 362 g/mol. The minimum absolute atomic E-state index is 0.0264. The van der Waals surface area contributed by atoms with Crippen molar-refractivity contribution in [1.82, 2.24) is 4.90 Å². The van der Waals surface area contributed by atoms with Crippen molar-refractivity contribution < 1.29 is 9.53 Å². The number of rotatable bonds is 3. The monoisotopic (exact) mass is 381 g/mol. The van der Waals surface area contributed by atoms with Crippen LogP contribution in [0, 0.1) is 0 Å². The normalized spacial score (nSPS) is 21.8. The van der Waals surface area contributed by atoms with Crippen LogP contribution < -0.4 is 4.74 Å². The van der Waals surface area contributed by atoms with E-state index in [1.165, 1.54) is 17.3 Å². The van der Waals surface area contributed by atoms with Crippen molar-refractivity contribution in [3.8, 4) is 5.75 Å². The maximum Gasteiger partial charge on any atom is 0.266 e. The molecule has 0 aliphatic carbocycles. The molecule has 132 valence electrons. The predicted molar refractivity (Wildman–Crippen MR) is 110 cm³/mol. The van der Waals surface area contributed by atoms with E-state index in [0.29, 0.717) is 9.23 Å². The number of amides is 1. The van der Waals surface area contributed by atoms with Crippen LogP contribution in [-0.2, 0) is 11.2 Å². The molecule has 2 aliphatic rings. The number of ether oxygens (including phenoxy) is 1. The van der Waals surface area contributed by atoms with Crippen molar-refractivity contribution in [1.29, 1.82) is 0 Å². The third-order valence-corrected chi connectivity index (χ3v) is 6.04. The Balaban J connectivity index is 1.59. The van der Waals surface area contributed by atoms with E-state index >= 15 is 0 Å². The van der Waals surface area contributed by atoms with Gasteiger partial charge in [0, 0.05) is 6.42 Å². The number of carbonyl (C=O) groups excluding carboxylic acids is 1. The molecule has 1 saturated heterocycles. The average molecular weight is 382 g/mol. The molecule has 2 heterocycles. The van der Waals surface area contributed by atoms with Gasteiger partial charge in [0.1, 0.15) is 16.2 Å². The number of benzene rings is 2. The van der Waals surface area contributed by atoms with E-state index in [-0.39, 0.29) is 18.1 Å². The molecule has 1 fully saturated rings. The Labute approximate surface area is 163 Å². The second kappa shape index (κ2) is 6.89. The Hall–Kier alpha value is -2.11. The molecule has 2 atom stereocenters. The predicted octanol–water partition coefficient (Wildman–Crippen LogP) is 4.97. The fraction of sp³-hybridized carbons (Fsp3) is 0.238. The van der Waals surface area contributed by atoms with E-state index in [4.69, 9.17) is 17.0 Å². The molecule has 2 aliphatic heterocycles. The lowest BCUT2D eigenvalue weighted by molar-refractivity contribution is -0.123. The van der Waals surface area contributed by atoms with E-state index in [9.17, 15) is 4.79 Å². The first-order chi connectivity index (χ1) is 12.5. The Morgan fingerprint density at radius 1 is 1.27 bits per heavy atom. The molecule has 4 rings (SSSR count). The molecule has 2 aromatic carbocycles. The topological polar surface area (TPSA) is 29.5 Å². The van der Waals surface area contributed by atoms with Gasteiger partial charge in [-0.3, -0.25) is 9.69 Å². The van der Waals surface area contributed by atoms with Gasteiger partial charge in [-0.05, 0) is 48.7 Å². The minimum atomic E-state index is -0.0797. The van der Waals surface area contributed by atoms with Gasteiger partial charge in [0.15, 0.2) is 0 Å². The Kier molecular flexibility index (Phi) is 4.59. The van der Waals surface area contributed by atoms with Gasteiger partial charge in [0.05, 0.1) is 10.9 Å². The summed E-state index contributed by atoms with van der Waals surface area (Å²) in [4.78, 5) is 15.3. The largest absolute Gasteiger partial charge is 0.490 e. The molecule has 0 spiro atoms. The van der Waals surface area contributed by atoms with Crippen molar-refractivity contribution in [2.45, 2.75) is 32.4 Å². The second-order valence-corrected chi connectivity index (χ2v) is 8.31. The molecular formula is C21H19NO2S2. The lowest BCUT2D eigenvalue weighted by Gasteiger charge is -2.23. The first-order valence-corrected chi connectivity index (χ1v) is 9.87. The highest BCUT2D eigenvalue weighted by Crippen LogP contribution is 2.38. The summed E-state index contributed by atoms with van der Waals surface area (Å²) in [5.41, 5.74) is 3.28. The van der Waals surface area contributed by atoms with Gasteiger partial charge in [-0.1, -0.05) is 60.4 Å². The fourth-order valence-corrected chi connectivity index (χ4v) is 4.80. The molecule has 5 heteroatoms. The summed E-state index contributed by atoms with van der Waals surface area (Å²) < 4.78 is 6.35. The maximum absolute atomic E-state index is 12.9. The maximum atomic E-state index is 12.9. The third kappa shape index (κ3) is 3.17. The smallest absolute Gasteiger partial charge is 0.266 e. The summed E-state index contributed by atoms with van der Waals surface area (Å²) in [7, 11) is 0. The number of fused-ring (bicyclic) bond motifs is 1. The van der Waals surface area contributed by atoms with Crippen molar-refractivity contribution in [2.24, 2.45) is 0 Å². The molecule has 0 saturated carbocycles. The highest BCUT2D eigenvalue weighted by molar-refractivity contribution is 8.26. The highest BCUT2D eigenvalue weighted by Gasteiger charge is 2.36. The number of hydrogen-bond acceptors (Lipinski definition) is 4. The summed E-state index contributed by atoms with van der Waals surface area (Å²) in [6.45, 7) is 4.08. The zero-order valence-corrected chi connectivity index (χ0v) is 16.3. The Bertz CT molecular complexity index is 907. The summed E-state index contributed by atoms with van der Waals surface area (Å²) in [6, 6.07) is 16.0. The van der Waals surface area contributed by atoms with Crippen LogP contribution in [0.4, 0.5) is 0 Å². The first-order valence-electron chi connectivity index (χ1n) is 8.64. The van der Waals surface area contributed by atoms with Gasteiger partial charge in [-0.15, -0.1) is 0 Å². The third-order valence-electron chi connectivity index (χ3n) is 4.71. The van der Waals surface area contributed by atoms with Crippen LogP contribution in [0.25, 0.3) is 6.08 Å². The molecule has 0 N–H and O–H groups in total. The molecule has 2 aromatic rings. The zero-order chi connectivity index (χ0) is 18.3. The molecule has 0 radical (unpaired) electrons. The molecule has 0 unspecified atom stereocenters. The number of nitrogens with zero attached hydrogens (tertiary/aromatic N) is 1. The molecule has 0 bridgehead atoms. The average Bonchev–Trinajstić information content (AvgIpc) is 3.13. The van der Waals surface area contributed by atoms with Gasteiger partial charge in [0.25, 0.3) is 5.91 Å². The van der Waals surface area contributed by atoms with Crippen LogP contribution in [0.1, 0.15) is 36.6 Å². The number of thioether (sulfide) groups is 1. The summed E-state index contributed by atoms with van der Waals surface area (Å²) in [5, 5.41) is 0. The van der Waals surface area contributed by atoms with Crippen LogP contribution >= 0.6 is 24.0 Å². The van der Waals surface area contributed by atoms with E-state index in [1.54, 1.807) is 4.90 Å². The van der Waals surface area contributed by atoms with Gasteiger partial charge < -0.3 is 4.74 Å². The van der Waals surface area contributed by atoms with Crippen molar-refractivity contribution >= 4 is 40.3 Å². The van der Waals surface area contributed by atoms with Crippen LogP contribution in [0.15, 0.2) is 53.4 Å². The lowest BCUT2D eigenvalue weighted by Crippen LogP contribution is -2.30. The quantitative estimate of drug-likeness (QED) is 0.554. The second-order valence-electron chi connectivity index (χ2n) is 6.64. The van der Waals surface area contributed by atoms with Gasteiger partial charge >= 0.3 is 0 Å². The van der Waals surface area contributed by atoms with Gasteiger partial charge in [-0.2, -0.15) is 0 Å². The summed E-state index contributed by atoms with van der Waals surface area (Å²) in [5.74, 6) is 0.918. The zero-order valence-electron chi connectivity index (χ0n) is 14.6. The van der Waals surface area contributed by atoms with Crippen LogP contribution in [-0.4, -0.2) is 21.2 Å². The lowest BCUT2D eigenvalue weighted by atomic mass is 10.1. The van der Waals surface area contributed by atoms with Crippen LogP contribution in [0.5, 0.6) is 5.75 Å². The fourth-order valence-electron chi connectivity index (χ4n) is 3.38. The number of carbonyl (C=O) groups is 1. The number of thiocarbonyl (C=S) groups is 1. The van der Waals surface area contributed by atoms with E-state index in [0.717, 1.165) is 23.3 Å². The van der Waals surface area contributed by atoms with Crippen LogP contribution in [0.3, 0.4) is 0 Å². The summed E-state index contributed by atoms with van der Waals surface area (Å²) in [6.07, 6.45) is 3.05. The van der Waals surface area contributed by atoms with Crippen LogP contribution in [0.2, 0.25) is 0 Å². The van der Waals surface area contributed by atoms with Crippen molar-refractivity contribution in [3.05, 3.63) is 70.1 Å². The molecule has 0 aromatic heterocycles. The summed E-state index contributed by atoms with van der Waals surface area (Å²) >= 11 is 6.86. The van der Waals surface area contributed by atoms with Gasteiger partial charge in [0.2, 0.25) is 0 Å². The number of hydrogen-bond donors (Lipinski definition) is 0. The van der Waals surface area contributed by atoms with Crippen molar-refractivity contribution in [2.75, 3.05) is 0 Å². The minimum Gasteiger partial charge on any atom is -0.490 e. The Morgan fingerprint density at radius 2 is 2.04 bits per heavy atom. The van der Waals surface area contributed by atoms with E-state index < -0.39 is 0 Å². The molecule has 1 amide bonds. The standard InChI is InChI=1S/C21H19NO2S2/c1-13-10-17-11-15(8-9-18(17)24-13)12-19-20(23)22(21(25)26-19)14(2)16-6-4-3-5-7-16/h3-9,11-14H,10H2,1-2H3/b19-12-/t13-,14-/m1/s1. The first kappa shape index (κ1) is 17.3. The van der Waals surface area contributed by atoms with E-state index in [2.05, 4.69) is 13.0 Å². The van der Waals surface area contributed by atoms with E-state index in [1.807, 2.05) is 55.5 Å². The SMILES string of the molecule is C[C@@H]1Cc2cc(/C=C3\SC(=S)N([C@H](C)c4ccccc4)C3=O)ccc2O1. The van der Waals surface area contributed by atoms with Gasteiger partial charge in [-0.25, -0.2) is 0 Å². The highest BCUT2D eigenvalue weighted by atomic mass is 32.2. The Morgan fingerprint density at radius 3 is 2.81 bits per heavy atom. The van der Waals surface area contributed by atoms with Crippen molar-refractivity contribution in [3.63, 3.8) is 0 Å². The molecule has 26 heavy (non-hydrogen) atoms. The molecule has 3 nitrogen and oxygen atoms in total.